The molecule has 1 aliphatic rings. The highest BCUT2D eigenvalue weighted by atomic mass is 19.4. The Bertz CT molecular complexity index is 558. The normalized spacial score (nSPS) is 19.9. The van der Waals surface area contributed by atoms with Crippen LogP contribution in [0.2, 0.25) is 0 Å². The molecule has 0 amide bonds. The largest absolute Gasteiger partial charge is 0.401 e. The number of aromatic nitrogens is 2. The number of nitrogens with one attached hydrogen (secondary N) is 1. The van der Waals surface area contributed by atoms with Gasteiger partial charge in [0, 0.05) is 31.4 Å². The molecule has 1 aliphatic heterocycles. The molecule has 2 heterocycles. The molecule has 22 heavy (non-hydrogen) atoms. The first-order valence-corrected chi connectivity index (χ1v) is 7.35. The number of aromatic amines is 1. The third-order valence-electron chi connectivity index (χ3n) is 3.86. The number of nitrogens with zero attached hydrogens (tertiary/aromatic N) is 3. The number of hydrogen-bond acceptors (Lipinski definition) is 4. The van der Waals surface area contributed by atoms with Crippen LogP contribution in [0.5, 0.6) is 0 Å². The van der Waals surface area contributed by atoms with Crippen molar-refractivity contribution in [3.63, 3.8) is 0 Å². The van der Waals surface area contributed by atoms with Crippen LogP contribution in [0.25, 0.3) is 0 Å². The zero-order valence-electron chi connectivity index (χ0n) is 12.8. The smallest absolute Gasteiger partial charge is 0.309 e. The van der Waals surface area contributed by atoms with Crippen molar-refractivity contribution < 1.29 is 13.2 Å². The maximum absolute atomic E-state index is 12.5. The first-order valence-electron chi connectivity index (χ1n) is 7.35. The van der Waals surface area contributed by atoms with E-state index in [0.717, 1.165) is 0 Å². The van der Waals surface area contributed by atoms with Crippen LogP contribution in [-0.2, 0) is 0 Å². The lowest BCUT2D eigenvalue weighted by Crippen LogP contribution is -2.38. The third kappa shape index (κ3) is 4.81. The zero-order chi connectivity index (χ0) is 16.3. The quantitative estimate of drug-likeness (QED) is 0.922. The molecule has 0 aromatic carbocycles. The first-order chi connectivity index (χ1) is 10.2. The van der Waals surface area contributed by atoms with E-state index in [2.05, 4.69) is 14.9 Å². The molecule has 8 heteroatoms. The van der Waals surface area contributed by atoms with Gasteiger partial charge < -0.3 is 4.98 Å². The Morgan fingerprint density at radius 2 is 2.05 bits per heavy atom. The van der Waals surface area contributed by atoms with Crippen LogP contribution < -0.4 is 5.56 Å². The molecular formula is C14H21F3N4O. The number of alkyl halides is 3. The van der Waals surface area contributed by atoms with Gasteiger partial charge in [0.25, 0.3) is 5.56 Å². The Labute approximate surface area is 127 Å². The predicted octanol–water partition coefficient (Wildman–Crippen LogP) is 1.71. The minimum atomic E-state index is -4.16. The van der Waals surface area contributed by atoms with E-state index in [1.54, 1.807) is 6.92 Å². The second-order valence-corrected chi connectivity index (χ2v) is 5.73. The molecule has 0 spiro atoms. The molecule has 0 unspecified atom stereocenters. The van der Waals surface area contributed by atoms with Crippen molar-refractivity contribution in [2.75, 3.05) is 32.7 Å². The lowest BCUT2D eigenvalue weighted by atomic mass is 10.2. The molecule has 1 aromatic heterocycles. The lowest BCUT2D eigenvalue weighted by Gasteiger charge is -2.27. The Kier molecular flexibility index (Phi) is 5.23. The van der Waals surface area contributed by atoms with E-state index in [4.69, 9.17) is 0 Å². The van der Waals surface area contributed by atoms with E-state index in [-0.39, 0.29) is 11.6 Å². The fourth-order valence-corrected chi connectivity index (χ4v) is 2.76. The summed E-state index contributed by atoms with van der Waals surface area (Å²) in [7, 11) is 0. The van der Waals surface area contributed by atoms with Gasteiger partial charge in [0.1, 0.15) is 5.82 Å². The van der Waals surface area contributed by atoms with E-state index in [9.17, 15) is 18.0 Å². The van der Waals surface area contributed by atoms with Crippen LogP contribution in [0.15, 0.2) is 10.9 Å². The highest BCUT2D eigenvalue weighted by Gasteiger charge is 2.32. The summed E-state index contributed by atoms with van der Waals surface area (Å²) in [5.41, 5.74) is 0.432. The molecule has 0 radical (unpaired) electrons. The monoisotopic (exact) mass is 318 g/mol. The van der Waals surface area contributed by atoms with E-state index < -0.39 is 12.7 Å². The fraction of sp³-hybridized carbons (Fsp3) is 0.714. The van der Waals surface area contributed by atoms with Gasteiger partial charge >= 0.3 is 6.18 Å². The lowest BCUT2D eigenvalue weighted by molar-refractivity contribution is -0.145. The standard InChI is InChI=1S/C14H21F3N4O/c1-10-8-12(22)19-13(18-10)11(2)21-5-3-4-20(6-7-21)9-14(15,16)17/h8,11H,3-7,9H2,1-2H3,(H,18,19,22)/t11-/m0/s1. The van der Waals surface area contributed by atoms with E-state index >= 15 is 0 Å². The average molecular weight is 318 g/mol. The minimum Gasteiger partial charge on any atom is -0.309 e. The Morgan fingerprint density at radius 3 is 2.68 bits per heavy atom. The van der Waals surface area contributed by atoms with Crippen molar-refractivity contribution in [3.05, 3.63) is 27.9 Å². The summed E-state index contributed by atoms with van der Waals surface area (Å²) in [4.78, 5) is 22.1. The van der Waals surface area contributed by atoms with Crippen molar-refractivity contribution in [1.82, 2.24) is 19.8 Å². The van der Waals surface area contributed by atoms with Gasteiger partial charge in [-0.3, -0.25) is 14.6 Å². The number of halogens is 3. The number of H-pyrrole nitrogens is 1. The summed E-state index contributed by atoms with van der Waals surface area (Å²) >= 11 is 0. The van der Waals surface area contributed by atoms with Crippen LogP contribution in [0, 0.1) is 6.92 Å². The summed E-state index contributed by atoms with van der Waals surface area (Å²) in [6.45, 7) is 4.80. The SMILES string of the molecule is Cc1cc(=O)[nH]c([C@H](C)N2CCCN(CC(F)(F)F)CC2)n1. The molecule has 0 bridgehead atoms. The van der Waals surface area contributed by atoms with Gasteiger partial charge in [-0.25, -0.2) is 4.98 Å². The minimum absolute atomic E-state index is 0.126. The van der Waals surface area contributed by atoms with Gasteiger partial charge in [0.15, 0.2) is 0 Å². The van der Waals surface area contributed by atoms with Gasteiger partial charge in [-0.1, -0.05) is 0 Å². The zero-order valence-corrected chi connectivity index (χ0v) is 12.8. The molecule has 1 fully saturated rings. The molecule has 124 valence electrons. The predicted molar refractivity (Wildman–Crippen MR) is 76.7 cm³/mol. The second-order valence-electron chi connectivity index (χ2n) is 5.73. The van der Waals surface area contributed by atoms with Gasteiger partial charge in [-0.2, -0.15) is 13.2 Å². The summed E-state index contributed by atoms with van der Waals surface area (Å²) in [6, 6.07) is 1.29. The van der Waals surface area contributed by atoms with Crippen LogP contribution >= 0.6 is 0 Å². The summed E-state index contributed by atoms with van der Waals surface area (Å²) < 4.78 is 37.4. The Balaban J connectivity index is 2.02. The van der Waals surface area contributed by atoms with Crippen molar-refractivity contribution >= 4 is 0 Å². The second kappa shape index (κ2) is 6.78. The topological polar surface area (TPSA) is 52.2 Å². The molecule has 5 nitrogen and oxygen atoms in total. The van der Waals surface area contributed by atoms with E-state index in [1.807, 2.05) is 6.92 Å². The molecule has 0 saturated carbocycles. The molecular weight excluding hydrogens is 297 g/mol. The third-order valence-corrected chi connectivity index (χ3v) is 3.86. The Morgan fingerprint density at radius 1 is 1.32 bits per heavy atom. The highest BCUT2D eigenvalue weighted by molar-refractivity contribution is 5.03. The van der Waals surface area contributed by atoms with Gasteiger partial charge in [0.2, 0.25) is 0 Å². The molecule has 1 N–H and O–H groups in total. The number of hydrogen-bond donors (Lipinski definition) is 1. The molecule has 1 atom stereocenters. The maximum atomic E-state index is 12.5. The van der Waals surface area contributed by atoms with E-state index in [1.165, 1.54) is 11.0 Å². The first kappa shape index (κ1) is 17.0. The van der Waals surface area contributed by atoms with Crippen molar-refractivity contribution in [3.8, 4) is 0 Å². The number of rotatable bonds is 3. The summed E-state index contributed by atoms with van der Waals surface area (Å²) in [5.74, 6) is 0.564. The van der Waals surface area contributed by atoms with Crippen molar-refractivity contribution in [2.45, 2.75) is 32.5 Å². The van der Waals surface area contributed by atoms with Gasteiger partial charge in [-0.15, -0.1) is 0 Å². The number of aryl methyl sites for hydroxylation is 1. The van der Waals surface area contributed by atoms with Crippen LogP contribution in [0.3, 0.4) is 0 Å². The molecule has 1 saturated heterocycles. The maximum Gasteiger partial charge on any atom is 0.401 e. The molecule has 1 aromatic rings. The van der Waals surface area contributed by atoms with Gasteiger partial charge in [0.05, 0.1) is 12.6 Å². The Hall–Kier alpha value is -1.41. The summed E-state index contributed by atoms with van der Waals surface area (Å²) in [6.07, 6.45) is -3.50. The molecule has 0 aliphatic carbocycles. The van der Waals surface area contributed by atoms with Crippen LogP contribution in [0.4, 0.5) is 13.2 Å². The van der Waals surface area contributed by atoms with Crippen LogP contribution in [-0.4, -0.2) is 58.7 Å². The fourth-order valence-electron chi connectivity index (χ4n) is 2.76. The summed E-state index contributed by atoms with van der Waals surface area (Å²) in [5, 5.41) is 0. The average Bonchev–Trinajstić information content (AvgIpc) is 2.60. The van der Waals surface area contributed by atoms with Crippen LogP contribution in [0.1, 0.15) is 30.9 Å². The highest BCUT2D eigenvalue weighted by Crippen LogP contribution is 2.21. The van der Waals surface area contributed by atoms with E-state index in [0.29, 0.717) is 44.1 Å². The van der Waals surface area contributed by atoms with Gasteiger partial charge in [-0.05, 0) is 26.8 Å². The van der Waals surface area contributed by atoms with Crippen molar-refractivity contribution in [2.24, 2.45) is 0 Å². The van der Waals surface area contributed by atoms with Crippen molar-refractivity contribution in [1.29, 1.82) is 0 Å². The molecule has 2 rings (SSSR count).